The highest BCUT2D eigenvalue weighted by Crippen LogP contribution is 2.26. The third-order valence-corrected chi connectivity index (χ3v) is 5.56. The van der Waals surface area contributed by atoms with Gasteiger partial charge < -0.3 is 24.8 Å². The molecule has 4 heterocycles. The molecule has 31 heavy (non-hydrogen) atoms. The molecule has 2 aliphatic rings. The first-order chi connectivity index (χ1) is 14.9. The fourth-order valence-corrected chi connectivity index (χ4v) is 4.02. The average Bonchev–Trinajstić information content (AvgIpc) is 3.21. The van der Waals surface area contributed by atoms with Crippen LogP contribution < -0.4 is 20.0 Å². The number of halogens is 3. The maximum Gasteiger partial charge on any atom is 0.225 e. The van der Waals surface area contributed by atoms with Crippen molar-refractivity contribution in [3.63, 3.8) is 0 Å². The van der Waals surface area contributed by atoms with E-state index in [1.54, 1.807) is 12.3 Å². The molecule has 0 aliphatic carbocycles. The second kappa shape index (κ2) is 9.37. The molecule has 2 fully saturated rings. The first-order valence-electron chi connectivity index (χ1n) is 9.85. The van der Waals surface area contributed by atoms with Gasteiger partial charge in [0.05, 0.1) is 18.0 Å². The summed E-state index contributed by atoms with van der Waals surface area (Å²) in [6, 6.07) is 3.14. The maximum atomic E-state index is 14.9. The fraction of sp³-hybridized carbons (Fsp3) is 0.474. The summed E-state index contributed by atoms with van der Waals surface area (Å²) >= 11 is 11.8. The SMILES string of the molecule is CC(=O)NCC1CN(c2cnc(N3CCN(c4cc(Cl)nc(Cl)n4)CC3)c(F)c2)CO1. The zero-order chi connectivity index (χ0) is 22.0. The predicted molar refractivity (Wildman–Crippen MR) is 116 cm³/mol. The van der Waals surface area contributed by atoms with Crippen LogP contribution in [-0.4, -0.2) is 73.0 Å². The van der Waals surface area contributed by atoms with Gasteiger partial charge in [-0.25, -0.2) is 19.3 Å². The average molecular weight is 470 g/mol. The molecular weight excluding hydrogens is 448 g/mol. The van der Waals surface area contributed by atoms with Gasteiger partial charge >= 0.3 is 0 Å². The number of anilines is 3. The summed E-state index contributed by atoms with van der Waals surface area (Å²) in [6.07, 6.45) is 1.52. The second-order valence-corrected chi connectivity index (χ2v) is 8.09. The highest BCUT2D eigenvalue weighted by Gasteiger charge is 2.26. The molecule has 4 rings (SSSR count). The van der Waals surface area contributed by atoms with Gasteiger partial charge in [-0.1, -0.05) is 11.6 Å². The van der Waals surface area contributed by atoms with Crippen LogP contribution in [-0.2, 0) is 9.53 Å². The number of carbonyl (C=O) groups is 1. The Morgan fingerprint density at radius 3 is 2.61 bits per heavy atom. The molecule has 0 aromatic carbocycles. The van der Waals surface area contributed by atoms with Crippen molar-refractivity contribution in [3.8, 4) is 0 Å². The van der Waals surface area contributed by atoms with Crippen molar-refractivity contribution in [3.05, 3.63) is 34.6 Å². The second-order valence-electron chi connectivity index (χ2n) is 7.37. The Morgan fingerprint density at radius 1 is 1.19 bits per heavy atom. The summed E-state index contributed by atoms with van der Waals surface area (Å²) < 4.78 is 20.5. The molecule has 1 atom stereocenters. The molecule has 0 bridgehead atoms. The summed E-state index contributed by atoms with van der Waals surface area (Å²) in [5.41, 5.74) is 0.649. The molecule has 0 spiro atoms. The molecule has 2 aromatic rings. The van der Waals surface area contributed by atoms with E-state index in [2.05, 4.69) is 20.3 Å². The zero-order valence-electron chi connectivity index (χ0n) is 16.9. The van der Waals surface area contributed by atoms with Gasteiger partial charge in [0.25, 0.3) is 0 Å². The normalized spacial score (nSPS) is 19.1. The van der Waals surface area contributed by atoms with Gasteiger partial charge in [-0.15, -0.1) is 0 Å². The van der Waals surface area contributed by atoms with Crippen LogP contribution in [0, 0.1) is 5.82 Å². The van der Waals surface area contributed by atoms with E-state index < -0.39 is 0 Å². The lowest BCUT2D eigenvalue weighted by molar-refractivity contribution is -0.119. The molecule has 1 N–H and O–H groups in total. The van der Waals surface area contributed by atoms with E-state index in [0.29, 0.717) is 63.3 Å². The number of nitrogens with one attached hydrogen (secondary N) is 1. The van der Waals surface area contributed by atoms with Gasteiger partial charge in [0.1, 0.15) is 17.7 Å². The van der Waals surface area contributed by atoms with E-state index in [1.807, 2.05) is 14.7 Å². The topological polar surface area (TPSA) is 86.7 Å². The zero-order valence-corrected chi connectivity index (χ0v) is 18.4. The fourth-order valence-electron chi connectivity index (χ4n) is 3.62. The quantitative estimate of drug-likeness (QED) is 0.525. The first kappa shape index (κ1) is 21.8. The summed E-state index contributed by atoms with van der Waals surface area (Å²) in [5.74, 6) is 0.475. The third-order valence-electron chi connectivity index (χ3n) is 5.20. The van der Waals surface area contributed by atoms with Crippen molar-refractivity contribution in [2.45, 2.75) is 13.0 Å². The van der Waals surface area contributed by atoms with E-state index >= 15 is 0 Å². The number of hydrogen-bond donors (Lipinski definition) is 1. The number of nitrogens with zero attached hydrogens (tertiary/aromatic N) is 6. The lowest BCUT2D eigenvalue weighted by Crippen LogP contribution is -2.47. The lowest BCUT2D eigenvalue weighted by atomic mass is 10.2. The minimum Gasteiger partial charge on any atom is -0.354 e. The van der Waals surface area contributed by atoms with Crippen LogP contribution in [0.4, 0.5) is 21.7 Å². The number of ether oxygens (including phenoxy) is 1. The van der Waals surface area contributed by atoms with Crippen molar-refractivity contribution in [1.82, 2.24) is 20.3 Å². The Labute approximate surface area is 189 Å². The van der Waals surface area contributed by atoms with E-state index in [-0.39, 0.29) is 28.3 Å². The number of pyridine rings is 1. The van der Waals surface area contributed by atoms with Crippen LogP contribution in [0.2, 0.25) is 10.4 Å². The molecule has 2 saturated heterocycles. The molecule has 9 nitrogen and oxygen atoms in total. The molecular formula is C19H22Cl2FN7O2. The summed E-state index contributed by atoms with van der Waals surface area (Å²) in [5, 5.41) is 3.11. The lowest BCUT2D eigenvalue weighted by Gasteiger charge is -2.36. The standard InChI is InChI=1S/C19H22Cl2FN7O2/c1-12(30)23-9-14-10-29(11-31-14)13-6-15(22)18(24-8-13)28-4-2-27(3-5-28)17-7-16(20)25-19(21)26-17/h6-8,14H,2-5,9-11H2,1H3,(H,23,30). The Kier molecular flexibility index (Phi) is 6.59. The highest BCUT2D eigenvalue weighted by atomic mass is 35.5. The van der Waals surface area contributed by atoms with E-state index in [9.17, 15) is 9.18 Å². The van der Waals surface area contributed by atoms with Crippen molar-refractivity contribution in [2.24, 2.45) is 0 Å². The van der Waals surface area contributed by atoms with E-state index in [0.717, 1.165) is 0 Å². The van der Waals surface area contributed by atoms with Crippen LogP contribution in [0.1, 0.15) is 6.92 Å². The third kappa shape index (κ3) is 5.25. The van der Waals surface area contributed by atoms with Crippen molar-refractivity contribution < 1.29 is 13.9 Å². The monoisotopic (exact) mass is 469 g/mol. The van der Waals surface area contributed by atoms with Crippen LogP contribution in [0.3, 0.4) is 0 Å². The molecule has 1 unspecified atom stereocenters. The number of piperazine rings is 1. The molecule has 2 aliphatic heterocycles. The number of aromatic nitrogens is 3. The highest BCUT2D eigenvalue weighted by molar-refractivity contribution is 6.32. The minimum absolute atomic E-state index is 0.0958. The van der Waals surface area contributed by atoms with Crippen molar-refractivity contribution in [2.75, 3.05) is 60.7 Å². The van der Waals surface area contributed by atoms with Crippen LogP contribution in [0.5, 0.6) is 0 Å². The summed E-state index contributed by atoms with van der Waals surface area (Å²) in [6.45, 7) is 5.17. The van der Waals surface area contributed by atoms with Gasteiger partial charge in [0, 0.05) is 58.3 Å². The Balaban J connectivity index is 1.36. The smallest absolute Gasteiger partial charge is 0.225 e. The number of carbonyl (C=O) groups excluding carboxylic acids is 1. The summed E-state index contributed by atoms with van der Waals surface area (Å²) in [4.78, 5) is 29.3. The van der Waals surface area contributed by atoms with Gasteiger partial charge in [-0.2, -0.15) is 0 Å². The first-order valence-corrected chi connectivity index (χ1v) is 10.6. The Morgan fingerprint density at radius 2 is 1.94 bits per heavy atom. The predicted octanol–water partition coefficient (Wildman–Crippen LogP) is 1.94. The van der Waals surface area contributed by atoms with Gasteiger partial charge in [-0.3, -0.25) is 4.79 Å². The van der Waals surface area contributed by atoms with E-state index in [1.165, 1.54) is 13.0 Å². The van der Waals surface area contributed by atoms with Crippen LogP contribution in [0.15, 0.2) is 18.3 Å². The largest absolute Gasteiger partial charge is 0.354 e. The molecule has 166 valence electrons. The number of hydrogen-bond acceptors (Lipinski definition) is 8. The molecule has 0 saturated carbocycles. The van der Waals surface area contributed by atoms with Crippen molar-refractivity contribution in [1.29, 1.82) is 0 Å². The number of rotatable bonds is 5. The van der Waals surface area contributed by atoms with Gasteiger partial charge in [-0.05, 0) is 11.6 Å². The van der Waals surface area contributed by atoms with Gasteiger partial charge in [0.15, 0.2) is 11.6 Å². The Hall–Kier alpha value is -2.43. The summed E-state index contributed by atoms with van der Waals surface area (Å²) in [7, 11) is 0. The van der Waals surface area contributed by atoms with E-state index in [4.69, 9.17) is 27.9 Å². The van der Waals surface area contributed by atoms with Gasteiger partial charge in [0.2, 0.25) is 11.2 Å². The number of amides is 1. The minimum atomic E-state index is -0.385. The molecule has 1 amide bonds. The molecule has 2 aromatic heterocycles. The molecule has 0 radical (unpaired) electrons. The molecule has 12 heteroatoms. The maximum absolute atomic E-state index is 14.9. The van der Waals surface area contributed by atoms with Crippen molar-refractivity contribution >= 4 is 46.4 Å². The van der Waals surface area contributed by atoms with Crippen LogP contribution in [0.25, 0.3) is 0 Å². The van der Waals surface area contributed by atoms with Crippen LogP contribution >= 0.6 is 23.2 Å². The Bertz CT molecular complexity index is 939.